The van der Waals surface area contributed by atoms with Crippen molar-refractivity contribution in [2.24, 2.45) is 0 Å². The summed E-state index contributed by atoms with van der Waals surface area (Å²) in [5.41, 5.74) is 3.54. The van der Waals surface area contributed by atoms with E-state index in [1.807, 2.05) is 6.92 Å². The molecule has 1 aliphatic rings. The van der Waals surface area contributed by atoms with Crippen molar-refractivity contribution in [2.75, 3.05) is 32.8 Å². The largest absolute Gasteiger partial charge is 0.379 e. The van der Waals surface area contributed by atoms with Crippen molar-refractivity contribution < 1.29 is 9.53 Å². The zero-order valence-corrected chi connectivity index (χ0v) is 16.3. The highest BCUT2D eigenvalue weighted by atomic mass is 16.5. The molecule has 0 aromatic heterocycles. The topological polar surface area (TPSA) is 53.6 Å². The molecule has 2 N–H and O–H groups in total. The summed E-state index contributed by atoms with van der Waals surface area (Å²) in [6.07, 6.45) is 0.986. The smallest absolute Gasteiger partial charge is 0.315 e. The van der Waals surface area contributed by atoms with Gasteiger partial charge in [0.1, 0.15) is 0 Å². The number of hydrogen-bond donors (Lipinski definition) is 2. The Labute approximate surface area is 152 Å². The van der Waals surface area contributed by atoms with Crippen molar-refractivity contribution in [1.82, 2.24) is 15.5 Å². The van der Waals surface area contributed by atoms with E-state index in [-0.39, 0.29) is 17.6 Å². The number of amides is 2. The minimum absolute atomic E-state index is 0.0174. The predicted molar refractivity (Wildman–Crippen MR) is 102 cm³/mol. The number of nitrogens with one attached hydrogen (secondary N) is 2. The summed E-state index contributed by atoms with van der Waals surface area (Å²) in [5, 5.41) is 6.14. The quantitative estimate of drug-likeness (QED) is 0.831. The molecule has 25 heavy (non-hydrogen) atoms. The maximum Gasteiger partial charge on any atom is 0.315 e. The lowest BCUT2D eigenvalue weighted by atomic mass is 9.95. The monoisotopic (exact) mass is 347 g/mol. The van der Waals surface area contributed by atoms with Crippen LogP contribution in [0.5, 0.6) is 0 Å². The zero-order valence-electron chi connectivity index (χ0n) is 16.3. The number of ether oxygens (including phenoxy) is 1. The molecule has 0 unspecified atom stereocenters. The molecule has 1 aromatic carbocycles. The normalized spacial score (nSPS) is 19.1. The minimum atomic E-state index is -0.110. The van der Waals surface area contributed by atoms with Crippen molar-refractivity contribution in [3.63, 3.8) is 0 Å². The van der Waals surface area contributed by atoms with Gasteiger partial charge < -0.3 is 15.4 Å². The van der Waals surface area contributed by atoms with E-state index in [1.54, 1.807) is 0 Å². The van der Waals surface area contributed by atoms with Crippen molar-refractivity contribution >= 4 is 6.03 Å². The molecular formula is C20H33N3O2. The fourth-order valence-corrected chi connectivity index (χ4v) is 3.39. The van der Waals surface area contributed by atoms with Crippen LogP contribution in [0.25, 0.3) is 0 Å². The summed E-state index contributed by atoms with van der Waals surface area (Å²) in [6.45, 7) is 14.6. The summed E-state index contributed by atoms with van der Waals surface area (Å²) < 4.78 is 5.45. The molecule has 0 saturated carbocycles. The van der Waals surface area contributed by atoms with Gasteiger partial charge in [0.15, 0.2) is 0 Å². The van der Waals surface area contributed by atoms with Crippen molar-refractivity contribution in [1.29, 1.82) is 0 Å². The third kappa shape index (κ3) is 5.19. The second-order valence-electron chi connectivity index (χ2n) is 7.36. The average Bonchev–Trinajstić information content (AvgIpc) is 2.62. The molecule has 5 heteroatoms. The van der Waals surface area contributed by atoms with Crippen LogP contribution >= 0.6 is 0 Å². The number of morpholine rings is 1. The first-order valence-corrected chi connectivity index (χ1v) is 9.30. The third-order valence-electron chi connectivity index (χ3n) is 5.41. The van der Waals surface area contributed by atoms with Crippen LogP contribution in [0.3, 0.4) is 0 Å². The highest BCUT2D eigenvalue weighted by Gasteiger charge is 2.31. The van der Waals surface area contributed by atoms with Crippen LogP contribution in [0.4, 0.5) is 4.79 Å². The highest BCUT2D eigenvalue weighted by molar-refractivity contribution is 5.74. The Morgan fingerprint density at radius 3 is 2.64 bits per heavy atom. The molecule has 1 saturated heterocycles. The summed E-state index contributed by atoms with van der Waals surface area (Å²) in [6, 6.07) is 6.22. The van der Waals surface area contributed by atoms with Crippen LogP contribution in [0, 0.1) is 13.8 Å². The molecule has 2 amide bonds. The highest BCUT2D eigenvalue weighted by Crippen LogP contribution is 2.21. The number of carbonyl (C=O) groups excluding carboxylic acids is 1. The number of benzene rings is 1. The Morgan fingerprint density at radius 2 is 2.00 bits per heavy atom. The maximum absolute atomic E-state index is 12.4. The number of hydrogen-bond acceptors (Lipinski definition) is 3. The maximum atomic E-state index is 12.4. The molecule has 0 radical (unpaired) electrons. The van der Waals surface area contributed by atoms with E-state index in [0.29, 0.717) is 6.54 Å². The van der Waals surface area contributed by atoms with E-state index in [1.165, 1.54) is 16.7 Å². The Kier molecular flexibility index (Phi) is 6.85. The van der Waals surface area contributed by atoms with Crippen molar-refractivity contribution in [3.8, 4) is 0 Å². The lowest BCUT2D eigenvalue weighted by Gasteiger charge is -2.43. The second kappa shape index (κ2) is 8.68. The van der Waals surface area contributed by atoms with E-state index in [9.17, 15) is 4.79 Å². The standard InChI is InChI=1S/C20H33N3O2/c1-6-20(5,23-9-11-25-12-10-23)14-21-19(24)22-17(4)18-13-15(2)7-8-16(18)3/h7-8,13,17H,6,9-12,14H2,1-5H3,(H2,21,22,24)/t17-,20+/m0/s1. The first-order valence-electron chi connectivity index (χ1n) is 9.30. The van der Waals surface area contributed by atoms with E-state index >= 15 is 0 Å². The van der Waals surface area contributed by atoms with Crippen LogP contribution in [-0.4, -0.2) is 49.3 Å². The molecule has 0 aliphatic carbocycles. The lowest BCUT2D eigenvalue weighted by Crippen LogP contribution is -2.57. The molecule has 0 bridgehead atoms. The first kappa shape index (κ1) is 19.7. The number of rotatable bonds is 6. The Hall–Kier alpha value is -1.59. The predicted octanol–water partition coefficient (Wildman–Crippen LogP) is 3.16. The molecule has 1 fully saturated rings. The number of carbonyl (C=O) groups is 1. The van der Waals surface area contributed by atoms with Crippen LogP contribution in [0.2, 0.25) is 0 Å². The van der Waals surface area contributed by atoms with Gasteiger partial charge in [-0.25, -0.2) is 4.79 Å². The summed E-state index contributed by atoms with van der Waals surface area (Å²) in [7, 11) is 0. The van der Waals surface area contributed by atoms with Gasteiger partial charge in [0.05, 0.1) is 19.3 Å². The molecule has 140 valence electrons. The number of urea groups is 1. The number of nitrogens with zero attached hydrogens (tertiary/aromatic N) is 1. The fraction of sp³-hybridized carbons (Fsp3) is 0.650. The molecule has 2 rings (SSSR count). The van der Waals surface area contributed by atoms with Crippen LogP contribution in [0.15, 0.2) is 18.2 Å². The van der Waals surface area contributed by atoms with Crippen LogP contribution in [0.1, 0.15) is 49.9 Å². The van der Waals surface area contributed by atoms with Crippen molar-refractivity contribution in [3.05, 3.63) is 34.9 Å². The van der Waals surface area contributed by atoms with E-state index in [0.717, 1.165) is 32.7 Å². The van der Waals surface area contributed by atoms with Gasteiger partial charge >= 0.3 is 6.03 Å². The molecule has 1 aromatic rings. The van der Waals surface area contributed by atoms with Crippen LogP contribution < -0.4 is 10.6 Å². The summed E-state index contributed by atoms with van der Waals surface area (Å²) in [4.78, 5) is 14.8. The number of aryl methyl sites for hydroxylation is 2. The Bertz CT molecular complexity index is 584. The van der Waals surface area contributed by atoms with Gasteiger partial charge in [0.2, 0.25) is 0 Å². The molecule has 1 aliphatic heterocycles. The fourth-order valence-electron chi connectivity index (χ4n) is 3.39. The van der Waals surface area contributed by atoms with Gasteiger partial charge in [-0.3, -0.25) is 4.90 Å². The summed E-state index contributed by atoms with van der Waals surface area (Å²) in [5.74, 6) is 0. The molecule has 2 atom stereocenters. The Morgan fingerprint density at radius 1 is 1.32 bits per heavy atom. The lowest BCUT2D eigenvalue weighted by molar-refractivity contribution is -0.0165. The van der Waals surface area contributed by atoms with Gasteiger partial charge in [0.25, 0.3) is 0 Å². The van der Waals surface area contributed by atoms with Crippen molar-refractivity contribution in [2.45, 2.75) is 52.6 Å². The molecular weight excluding hydrogens is 314 g/mol. The Balaban J connectivity index is 1.91. The molecule has 0 spiro atoms. The summed E-state index contributed by atoms with van der Waals surface area (Å²) >= 11 is 0. The van der Waals surface area contributed by atoms with E-state index < -0.39 is 0 Å². The average molecular weight is 348 g/mol. The van der Waals surface area contributed by atoms with Gasteiger partial charge in [0, 0.05) is 25.2 Å². The zero-order chi connectivity index (χ0) is 18.4. The second-order valence-corrected chi connectivity index (χ2v) is 7.36. The van der Waals surface area contributed by atoms with Gasteiger partial charge in [-0.05, 0) is 45.2 Å². The first-order chi connectivity index (χ1) is 11.9. The van der Waals surface area contributed by atoms with E-state index in [2.05, 4.69) is 61.4 Å². The van der Waals surface area contributed by atoms with Gasteiger partial charge in [-0.2, -0.15) is 0 Å². The third-order valence-corrected chi connectivity index (χ3v) is 5.41. The van der Waals surface area contributed by atoms with E-state index in [4.69, 9.17) is 4.74 Å². The minimum Gasteiger partial charge on any atom is -0.379 e. The van der Waals surface area contributed by atoms with Gasteiger partial charge in [-0.1, -0.05) is 30.7 Å². The van der Waals surface area contributed by atoms with Gasteiger partial charge in [-0.15, -0.1) is 0 Å². The molecule has 5 nitrogen and oxygen atoms in total. The van der Waals surface area contributed by atoms with Crippen LogP contribution in [-0.2, 0) is 4.74 Å². The molecule has 1 heterocycles. The SMILES string of the molecule is CC[C@](C)(CNC(=O)N[C@@H](C)c1cc(C)ccc1C)N1CCOCC1.